The Morgan fingerprint density at radius 1 is 1.12 bits per heavy atom. The molecule has 0 saturated heterocycles. The van der Waals surface area contributed by atoms with E-state index in [9.17, 15) is 0 Å². The first-order valence-electron chi connectivity index (χ1n) is 10.6. The van der Waals surface area contributed by atoms with Gasteiger partial charge in [0.05, 0.1) is 24.5 Å². The summed E-state index contributed by atoms with van der Waals surface area (Å²) < 4.78 is 9.29. The van der Waals surface area contributed by atoms with E-state index in [1.165, 1.54) is 0 Å². The molecule has 0 aliphatic heterocycles. The van der Waals surface area contributed by atoms with Gasteiger partial charge in [-0.05, 0) is 44.9 Å². The van der Waals surface area contributed by atoms with E-state index >= 15 is 0 Å². The second-order valence-corrected chi connectivity index (χ2v) is 7.25. The van der Waals surface area contributed by atoms with Gasteiger partial charge in [-0.2, -0.15) is 5.10 Å². The van der Waals surface area contributed by atoms with E-state index < -0.39 is 0 Å². The van der Waals surface area contributed by atoms with Crippen molar-refractivity contribution in [1.82, 2.24) is 35.2 Å². The topological polar surface area (TPSA) is 94.2 Å². The number of para-hydroxylation sites is 1. The molecule has 0 radical (unpaired) electrons. The van der Waals surface area contributed by atoms with Crippen LogP contribution in [0.2, 0.25) is 0 Å². The van der Waals surface area contributed by atoms with Crippen LogP contribution in [0.5, 0.6) is 0 Å². The van der Waals surface area contributed by atoms with Crippen molar-refractivity contribution >= 4 is 29.9 Å². The predicted octanol–water partition coefficient (Wildman–Crippen LogP) is 2.90. The number of aromatic nitrogens is 5. The number of benzene rings is 1. The second kappa shape index (κ2) is 13.2. The van der Waals surface area contributed by atoms with Crippen molar-refractivity contribution in [3.05, 3.63) is 59.4 Å². The van der Waals surface area contributed by atoms with Crippen LogP contribution in [-0.2, 0) is 24.9 Å². The summed E-state index contributed by atoms with van der Waals surface area (Å²) >= 11 is 0. The van der Waals surface area contributed by atoms with E-state index in [1.54, 1.807) is 0 Å². The zero-order valence-electron chi connectivity index (χ0n) is 19.2. The van der Waals surface area contributed by atoms with Crippen LogP contribution in [0.4, 0.5) is 0 Å². The number of aliphatic imine (C=N–C) groups is 1. The molecule has 1 aromatic carbocycles. The highest BCUT2D eigenvalue weighted by atomic mass is 127. The Balaban J connectivity index is 0.00000363. The molecule has 0 aliphatic carbocycles. The van der Waals surface area contributed by atoms with Gasteiger partial charge in [-0.15, -0.1) is 34.2 Å². The largest absolute Gasteiger partial charge is 0.382 e. The number of aryl methyl sites for hydroxylation is 2. The van der Waals surface area contributed by atoms with Crippen LogP contribution in [-0.4, -0.2) is 50.3 Å². The van der Waals surface area contributed by atoms with E-state index in [0.29, 0.717) is 13.1 Å². The summed E-state index contributed by atoms with van der Waals surface area (Å²) in [6.45, 7) is 9.20. The SMILES string of the molecule is CCOCCCNC(=NCc1ccccc1-n1ccc(C)n1)NCc1nnc(C)n1C.I. The molecular formula is C22H33IN8O. The molecule has 2 aromatic heterocycles. The lowest BCUT2D eigenvalue weighted by atomic mass is 10.2. The summed E-state index contributed by atoms with van der Waals surface area (Å²) in [5.74, 6) is 2.46. The summed E-state index contributed by atoms with van der Waals surface area (Å²) in [5.41, 5.74) is 3.10. The van der Waals surface area contributed by atoms with Crippen LogP contribution < -0.4 is 10.6 Å². The molecule has 0 atom stereocenters. The lowest BCUT2D eigenvalue weighted by Crippen LogP contribution is -2.38. The molecule has 2 N–H and O–H groups in total. The maximum Gasteiger partial charge on any atom is 0.191 e. The van der Waals surface area contributed by atoms with Crippen LogP contribution >= 0.6 is 24.0 Å². The van der Waals surface area contributed by atoms with Crippen molar-refractivity contribution in [3.63, 3.8) is 0 Å². The van der Waals surface area contributed by atoms with E-state index in [-0.39, 0.29) is 24.0 Å². The highest BCUT2D eigenvalue weighted by Gasteiger charge is 2.08. The summed E-state index contributed by atoms with van der Waals surface area (Å²) in [6, 6.07) is 10.2. The number of nitrogens with zero attached hydrogens (tertiary/aromatic N) is 6. The van der Waals surface area contributed by atoms with Crippen molar-refractivity contribution in [1.29, 1.82) is 0 Å². The third kappa shape index (κ3) is 7.30. The Hall–Kier alpha value is -2.47. The van der Waals surface area contributed by atoms with E-state index in [4.69, 9.17) is 9.73 Å². The van der Waals surface area contributed by atoms with E-state index in [1.807, 2.05) is 61.5 Å². The molecule has 0 bridgehead atoms. The molecule has 0 saturated carbocycles. The van der Waals surface area contributed by atoms with Gasteiger partial charge in [0.1, 0.15) is 5.82 Å². The van der Waals surface area contributed by atoms with Crippen LogP contribution in [0.25, 0.3) is 5.69 Å². The van der Waals surface area contributed by atoms with E-state index in [2.05, 4.69) is 38.1 Å². The average molecular weight is 552 g/mol. The fraction of sp³-hybridized carbons (Fsp3) is 0.455. The van der Waals surface area contributed by atoms with Crippen LogP contribution in [0.3, 0.4) is 0 Å². The van der Waals surface area contributed by atoms with Crippen LogP contribution in [0, 0.1) is 13.8 Å². The fourth-order valence-corrected chi connectivity index (χ4v) is 3.05. The maximum absolute atomic E-state index is 5.43. The Labute approximate surface area is 206 Å². The Morgan fingerprint density at radius 2 is 1.94 bits per heavy atom. The van der Waals surface area contributed by atoms with Crippen molar-refractivity contribution in [2.75, 3.05) is 19.8 Å². The minimum Gasteiger partial charge on any atom is -0.382 e. The molecular weight excluding hydrogens is 519 g/mol. The van der Waals surface area contributed by atoms with Gasteiger partial charge in [-0.25, -0.2) is 9.67 Å². The summed E-state index contributed by atoms with van der Waals surface area (Å²) in [6.07, 6.45) is 2.88. The summed E-state index contributed by atoms with van der Waals surface area (Å²) in [7, 11) is 1.96. The zero-order valence-corrected chi connectivity index (χ0v) is 21.5. The minimum absolute atomic E-state index is 0. The van der Waals surface area contributed by atoms with Gasteiger partial charge >= 0.3 is 0 Å². The quantitative estimate of drug-likeness (QED) is 0.174. The molecule has 0 spiro atoms. The standard InChI is InChI=1S/C22H32N8O.HI/c1-5-31-14-8-12-23-22(25-16-21-27-26-18(3)29(21)4)24-15-19-9-6-7-10-20(19)30-13-11-17(2)28-30;/h6-7,9-11,13H,5,8,12,14-16H2,1-4H3,(H2,23,24,25);1H. The fourth-order valence-electron chi connectivity index (χ4n) is 3.05. The molecule has 174 valence electrons. The van der Waals surface area contributed by atoms with Crippen LogP contribution in [0.1, 0.15) is 36.3 Å². The van der Waals surface area contributed by atoms with Crippen molar-refractivity contribution in [3.8, 4) is 5.69 Å². The van der Waals surface area contributed by atoms with Crippen LogP contribution in [0.15, 0.2) is 41.5 Å². The van der Waals surface area contributed by atoms with Crippen molar-refractivity contribution in [2.24, 2.45) is 12.0 Å². The molecule has 0 aliphatic rings. The van der Waals surface area contributed by atoms with Gasteiger partial charge < -0.3 is 19.9 Å². The number of hydrogen-bond acceptors (Lipinski definition) is 5. The average Bonchev–Trinajstić information content (AvgIpc) is 3.35. The van der Waals surface area contributed by atoms with Gasteiger partial charge in [0.25, 0.3) is 0 Å². The number of hydrogen-bond donors (Lipinski definition) is 2. The lowest BCUT2D eigenvalue weighted by Gasteiger charge is -2.13. The molecule has 0 unspecified atom stereocenters. The van der Waals surface area contributed by atoms with Crippen molar-refractivity contribution in [2.45, 2.75) is 40.3 Å². The van der Waals surface area contributed by atoms with Gasteiger partial charge in [-0.1, -0.05) is 18.2 Å². The molecule has 10 heteroatoms. The lowest BCUT2D eigenvalue weighted by molar-refractivity contribution is 0.145. The van der Waals surface area contributed by atoms with Gasteiger partial charge in [0, 0.05) is 33.0 Å². The first-order valence-corrected chi connectivity index (χ1v) is 10.6. The van der Waals surface area contributed by atoms with Crippen molar-refractivity contribution < 1.29 is 4.74 Å². The number of nitrogens with one attached hydrogen (secondary N) is 2. The van der Waals surface area contributed by atoms with E-state index in [0.717, 1.165) is 60.7 Å². The number of halogens is 1. The normalized spacial score (nSPS) is 11.3. The first kappa shape index (κ1) is 25.8. The molecule has 0 amide bonds. The predicted molar refractivity (Wildman–Crippen MR) is 137 cm³/mol. The third-order valence-electron chi connectivity index (χ3n) is 4.93. The Kier molecular flexibility index (Phi) is 10.6. The Morgan fingerprint density at radius 3 is 2.62 bits per heavy atom. The van der Waals surface area contributed by atoms with Gasteiger partial charge in [-0.3, -0.25) is 0 Å². The highest BCUT2D eigenvalue weighted by Crippen LogP contribution is 2.15. The smallest absolute Gasteiger partial charge is 0.191 e. The summed E-state index contributed by atoms with van der Waals surface area (Å²) in [4.78, 5) is 4.81. The molecule has 32 heavy (non-hydrogen) atoms. The molecule has 9 nitrogen and oxygen atoms in total. The number of ether oxygens (including phenoxy) is 1. The molecule has 0 fully saturated rings. The zero-order chi connectivity index (χ0) is 22.1. The third-order valence-corrected chi connectivity index (χ3v) is 4.93. The molecule has 3 aromatic rings. The Bertz CT molecular complexity index is 997. The highest BCUT2D eigenvalue weighted by molar-refractivity contribution is 14.0. The second-order valence-electron chi connectivity index (χ2n) is 7.25. The molecule has 2 heterocycles. The van der Waals surface area contributed by atoms with Gasteiger partial charge in [0.2, 0.25) is 0 Å². The first-order chi connectivity index (χ1) is 15.1. The maximum atomic E-state index is 5.43. The monoisotopic (exact) mass is 552 g/mol. The molecule has 3 rings (SSSR count). The number of guanidine groups is 1. The summed E-state index contributed by atoms with van der Waals surface area (Å²) in [5, 5.41) is 19.6. The van der Waals surface area contributed by atoms with Gasteiger partial charge in [0.15, 0.2) is 11.8 Å². The number of rotatable bonds is 10. The minimum atomic E-state index is 0.